The summed E-state index contributed by atoms with van der Waals surface area (Å²) in [6.45, 7) is 4.81. The molecule has 1 aromatic carbocycles. The van der Waals surface area contributed by atoms with Crippen LogP contribution in [0.15, 0.2) is 23.2 Å². The smallest absolute Gasteiger partial charge is 0.191 e. The number of nitrogens with one attached hydrogen (secondary N) is 2. The molecule has 1 aliphatic rings. The second-order valence-corrected chi connectivity index (χ2v) is 7.10. The van der Waals surface area contributed by atoms with E-state index >= 15 is 0 Å². The zero-order valence-electron chi connectivity index (χ0n) is 16.5. The van der Waals surface area contributed by atoms with Gasteiger partial charge in [0.05, 0.1) is 13.7 Å². The zero-order chi connectivity index (χ0) is 19.0. The molecule has 0 amide bonds. The lowest BCUT2D eigenvalue weighted by atomic mass is 9.73. The maximum atomic E-state index is 6.29. The zero-order valence-corrected chi connectivity index (χ0v) is 19.6. The third-order valence-corrected chi connectivity index (χ3v) is 5.04. The Morgan fingerprint density at radius 1 is 1.33 bits per heavy atom. The van der Waals surface area contributed by atoms with Crippen molar-refractivity contribution in [3.63, 3.8) is 0 Å². The first-order valence-electron chi connectivity index (χ1n) is 8.92. The molecule has 0 aromatic heterocycles. The topological polar surface area (TPSA) is 64.1 Å². The van der Waals surface area contributed by atoms with Gasteiger partial charge in [-0.2, -0.15) is 0 Å². The summed E-state index contributed by atoms with van der Waals surface area (Å²) in [6.07, 6.45) is 1.78. The van der Waals surface area contributed by atoms with E-state index in [9.17, 15) is 0 Å². The molecule has 0 aliphatic carbocycles. The highest BCUT2D eigenvalue weighted by atomic mass is 127. The Bertz CT molecular complexity index is 610. The molecule has 1 aliphatic heterocycles. The Balaban J connectivity index is 0.00000364. The van der Waals surface area contributed by atoms with Crippen molar-refractivity contribution in [3.05, 3.63) is 28.8 Å². The van der Waals surface area contributed by atoms with E-state index < -0.39 is 0 Å². The van der Waals surface area contributed by atoms with Crippen molar-refractivity contribution < 1.29 is 14.2 Å². The molecule has 154 valence electrons. The van der Waals surface area contributed by atoms with E-state index in [1.807, 2.05) is 18.2 Å². The monoisotopic (exact) mass is 511 g/mol. The summed E-state index contributed by atoms with van der Waals surface area (Å²) in [5.74, 6) is 1.61. The van der Waals surface area contributed by atoms with Crippen LogP contribution in [0.25, 0.3) is 0 Å². The second-order valence-electron chi connectivity index (χ2n) is 6.66. The predicted octanol–water partition coefficient (Wildman–Crippen LogP) is 3.21. The van der Waals surface area contributed by atoms with E-state index in [2.05, 4.69) is 22.5 Å². The van der Waals surface area contributed by atoms with Gasteiger partial charge in [-0.3, -0.25) is 4.99 Å². The number of methoxy groups -OCH3 is 2. The van der Waals surface area contributed by atoms with E-state index in [4.69, 9.17) is 25.8 Å². The molecule has 1 atom stereocenters. The van der Waals surface area contributed by atoms with E-state index in [0.29, 0.717) is 31.4 Å². The van der Waals surface area contributed by atoms with Gasteiger partial charge in [0.2, 0.25) is 0 Å². The van der Waals surface area contributed by atoms with Crippen LogP contribution in [0, 0.1) is 0 Å². The molecule has 8 heteroatoms. The van der Waals surface area contributed by atoms with Crippen LogP contribution in [-0.4, -0.2) is 59.6 Å². The SMILES string of the molecule is CN=C(NCC1(c2cc(Cl)ccc2OC)CCOCC1)NC(C)COC.I. The van der Waals surface area contributed by atoms with E-state index in [0.717, 1.165) is 30.1 Å². The molecule has 0 saturated carbocycles. The molecular formula is C19H31ClIN3O3. The summed E-state index contributed by atoms with van der Waals surface area (Å²) < 4.78 is 16.4. The first kappa shape index (κ1) is 24.3. The third-order valence-electron chi connectivity index (χ3n) is 4.80. The Kier molecular flexibility index (Phi) is 10.7. The van der Waals surface area contributed by atoms with Crippen molar-refractivity contribution in [2.45, 2.75) is 31.2 Å². The van der Waals surface area contributed by atoms with Gasteiger partial charge >= 0.3 is 0 Å². The first-order chi connectivity index (χ1) is 12.5. The minimum atomic E-state index is -0.128. The molecule has 27 heavy (non-hydrogen) atoms. The Labute approximate surface area is 184 Å². The Hall–Kier alpha value is -0.770. The molecule has 1 unspecified atom stereocenters. The van der Waals surface area contributed by atoms with Gasteiger partial charge in [0, 0.05) is 56.0 Å². The van der Waals surface area contributed by atoms with E-state index in [1.165, 1.54) is 0 Å². The van der Waals surface area contributed by atoms with Gasteiger partial charge in [0.25, 0.3) is 0 Å². The second kappa shape index (κ2) is 11.9. The first-order valence-corrected chi connectivity index (χ1v) is 9.30. The van der Waals surface area contributed by atoms with Gasteiger partial charge in [-0.15, -0.1) is 24.0 Å². The van der Waals surface area contributed by atoms with Crippen molar-refractivity contribution in [1.29, 1.82) is 0 Å². The van der Waals surface area contributed by atoms with E-state index in [1.54, 1.807) is 21.3 Å². The summed E-state index contributed by atoms with van der Waals surface area (Å²) in [7, 11) is 5.16. The number of aliphatic imine (C=N–C) groups is 1. The standard InChI is InChI=1S/C19H30ClN3O3.HI/c1-14(12-24-3)23-18(21-2)22-13-19(7-9-26-10-8-19)16-11-15(20)5-6-17(16)25-4;/h5-6,11,14H,7-10,12-13H2,1-4H3,(H2,21,22,23);1H. The highest BCUT2D eigenvalue weighted by molar-refractivity contribution is 14.0. The van der Waals surface area contributed by atoms with Gasteiger partial charge in [-0.25, -0.2) is 0 Å². The summed E-state index contributed by atoms with van der Waals surface area (Å²) >= 11 is 6.29. The molecule has 2 rings (SSSR count). The van der Waals surface area contributed by atoms with E-state index in [-0.39, 0.29) is 35.4 Å². The van der Waals surface area contributed by atoms with Crippen LogP contribution in [0.3, 0.4) is 0 Å². The van der Waals surface area contributed by atoms with Crippen molar-refractivity contribution >= 4 is 41.5 Å². The van der Waals surface area contributed by atoms with Gasteiger partial charge < -0.3 is 24.8 Å². The molecule has 0 bridgehead atoms. The number of benzene rings is 1. The van der Waals surface area contributed by atoms with Crippen molar-refractivity contribution in [2.24, 2.45) is 4.99 Å². The minimum Gasteiger partial charge on any atom is -0.496 e. The lowest BCUT2D eigenvalue weighted by Crippen LogP contribution is -2.50. The van der Waals surface area contributed by atoms with Crippen LogP contribution in [0.4, 0.5) is 0 Å². The molecular weight excluding hydrogens is 481 g/mol. The number of hydrogen-bond donors (Lipinski definition) is 2. The molecule has 0 spiro atoms. The fourth-order valence-corrected chi connectivity index (χ4v) is 3.54. The summed E-state index contributed by atoms with van der Waals surface area (Å²) in [4.78, 5) is 4.33. The number of rotatable bonds is 7. The average Bonchev–Trinajstić information content (AvgIpc) is 2.66. The molecule has 1 heterocycles. The molecule has 0 radical (unpaired) electrons. The van der Waals surface area contributed by atoms with Crippen LogP contribution in [0.1, 0.15) is 25.3 Å². The van der Waals surface area contributed by atoms with Crippen molar-refractivity contribution in [2.75, 3.05) is 47.6 Å². The third kappa shape index (κ3) is 6.66. The van der Waals surface area contributed by atoms with Crippen LogP contribution in [0.2, 0.25) is 5.02 Å². The Morgan fingerprint density at radius 2 is 2.04 bits per heavy atom. The maximum absolute atomic E-state index is 6.29. The van der Waals surface area contributed by atoms with Crippen molar-refractivity contribution in [3.8, 4) is 5.75 Å². The van der Waals surface area contributed by atoms with Gasteiger partial charge in [0.1, 0.15) is 5.75 Å². The van der Waals surface area contributed by atoms with Gasteiger partial charge in [-0.1, -0.05) is 11.6 Å². The highest BCUT2D eigenvalue weighted by Crippen LogP contribution is 2.40. The summed E-state index contributed by atoms with van der Waals surface area (Å²) in [5.41, 5.74) is 0.986. The Morgan fingerprint density at radius 3 is 2.63 bits per heavy atom. The normalized spacial score (nSPS) is 17.6. The largest absolute Gasteiger partial charge is 0.496 e. The summed E-state index contributed by atoms with van der Waals surface area (Å²) in [5, 5.41) is 7.52. The number of halogens is 2. The number of ether oxygens (including phenoxy) is 3. The molecule has 6 nitrogen and oxygen atoms in total. The molecule has 1 saturated heterocycles. The quantitative estimate of drug-likeness (QED) is 0.334. The lowest BCUT2D eigenvalue weighted by molar-refractivity contribution is 0.0505. The minimum absolute atomic E-state index is 0. The predicted molar refractivity (Wildman–Crippen MR) is 121 cm³/mol. The van der Waals surface area contributed by atoms with Gasteiger partial charge in [0.15, 0.2) is 5.96 Å². The average molecular weight is 512 g/mol. The maximum Gasteiger partial charge on any atom is 0.191 e. The highest BCUT2D eigenvalue weighted by Gasteiger charge is 2.37. The lowest BCUT2D eigenvalue weighted by Gasteiger charge is -2.39. The van der Waals surface area contributed by atoms with Crippen LogP contribution < -0.4 is 15.4 Å². The molecule has 1 fully saturated rings. The van der Waals surface area contributed by atoms with Gasteiger partial charge in [-0.05, 0) is 38.0 Å². The fourth-order valence-electron chi connectivity index (χ4n) is 3.37. The number of nitrogens with zero attached hydrogens (tertiary/aromatic N) is 1. The van der Waals surface area contributed by atoms with Crippen LogP contribution in [0.5, 0.6) is 5.75 Å². The van der Waals surface area contributed by atoms with Crippen LogP contribution in [-0.2, 0) is 14.9 Å². The molecule has 2 N–H and O–H groups in total. The fraction of sp³-hybridized carbons (Fsp3) is 0.632. The number of hydrogen-bond acceptors (Lipinski definition) is 4. The summed E-state index contributed by atoms with van der Waals surface area (Å²) in [6, 6.07) is 5.97. The number of guanidine groups is 1. The van der Waals surface area contributed by atoms with Crippen molar-refractivity contribution in [1.82, 2.24) is 10.6 Å². The molecule has 1 aromatic rings. The van der Waals surface area contributed by atoms with Crippen LogP contribution >= 0.6 is 35.6 Å².